The third-order valence-electron chi connectivity index (χ3n) is 1.58. The Hall–Kier alpha value is -1.09. The van der Waals surface area contributed by atoms with Crippen LogP contribution in [0.15, 0.2) is 12.1 Å². The second-order valence-corrected chi connectivity index (χ2v) is 3.17. The van der Waals surface area contributed by atoms with Gasteiger partial charge in [-0.3, -0.25) is 4.79 Å². The van der Waals surface area contributed by atoms with E-state index in [0.29, 0.717) is 11.3 Å². The Bertz CT molecular complexity index is 352. The van der Waals surface area contributed by atoms with Crippen LogP contribution in [0.2, 0.25) is 5.02 Å². The van der Waals surface area contributed by atoms with Crippen LogP contribution in [0, 0.1) is 12.7 Å². The van der Waals surface area contributed by atoms with E-state index >= 15 is 0 Å². The van der Waals surface area contributed by atoms with Gasteiger partial charge in [0.1, 0.15) is 5.82 Å². The highest BCUT2D eigenvalue weighted by Gasteiger charge is 2.05. The third kappa shape index (κ3) is 2.42. The lowest BCUT2D eigenvalue weighted by Crippen LogP contribution is -2.07. The van der Waals surface area contributed by atoms with E-state index in [4.69, 9.17) is 11.6 Å². The van der Waals surface area contributed by atoms with Gasteiger partial charge in [0.15, 0.2) is 0 Å². The molecule has 0 fully saturated rings. The molecule has 13 heavy (non-hydrogen) atoms. The van der Waals surface area contributed by atoms with Gasteiger partial charge in [-0.05, 0) is 24.6 Å². The molecule has 70 valence electrons. The van der Waals surface area contributed by atoms with E-state index in [9.17, 15) is 9.18 Å². The quantitative estimate of drug-likeness (QED) is 0.744. The number of hydrogen-bond acceptors (Lipinski definition) is 1. The van der Waals surface area contributed by atoms with Crippen molar-refractivity contribution in [3.8, 4) is 0 Å². The van der Waals surface area contributed by atoms with Crippen molar-refractivity contribution in [3.05, 3.63) is 28.5 Å². The molecular formula is C9H9ClFNO. The third-order valence-corrected chi connectivity index (χ3v) is 1.87. The van der Waals surface area contributed by atoms with Crippen LogP contribution in [0.5, 0.6) is 0 Å². The monoisotopic (exact) mass is 201 g/mol. The van der Waals surface area contributed by atoms with E-state index in [-0.39, 0.29) is 10.9 Å². The number of carbonyl (C=O) groups excluding carboxylic acids is 1. The van der Waals surface area contributed by atoms with E-state index in [2.05, 4.69) is 5.32 Å². The van der Waals surface area contributed by atoms with E-state index in [1.807, 2.05) is 0 Å². The molecule has 0 saturated carbocycles. The zero-order valence-electron chi connectivity index (χ0n) is 7.32. The number of rotatable bonds is 1. The standard InChI is InChI=1S/C9H9ClFNO/c1-5-3-8(11)7(10)4-9(5)12-6(2)13/h3-4H,1-2H3,(H,12,13). The van der Waals surface area contributed by atoms with Gasteiger partial charge in [0.25, 0.3) is 0 Å². The van der Waals surface area contributed by atoms with Gasteiger partial charge in [0, 0.05) is 12.6 Å². The first-order chi connectivity index (χ1) is 6.00. The number of benzene rings is 1. The van der Waals surface area contributed by atoms with Crippen molar-refractivity contribution in [1.29, 1.82) is 0 Å². The van der Waals surface area contributed by atoms with Crippen LogP contribution in [0.4, 0.5) is 10.1 Å². The summed E-state index contributed by atoms with van der Waals surface area (Å²) in [6, 6.07) is 2.68. The number of halogens is 2. The first-order valence-corrected chi connectivity index (χ1v) is 4.11. The highest BCUT2D eigenvalue weighted by atomic mass is 35.5. The fourth-order valence-electron chi connectivity index (χ4n) is 0.971. The van der Waals surface area contributed by atoms with Crippen molar-refractivity contribution in [2.45, 2.75) is 13.8 Å². The summed E-state index contributed by atoms with van der Waals surface area (Å²) in [7, 11) is 0. The van der Waals surface area contributed by atoms with Crippen molar-refractivity contribution < 1.29 is 9.18 Å². The Morgan fingerprint density at radius 1 is 1.54 bits per heavy atom. The summed E-state index contributed by atoms with van der Waals surface area (Å²) in [5.74, 6) is -0.681. The number of nitrogens with one attached hydrogen (secondary N) is 1. The summed E-state index contributed by atoms with van der Waals surface area (Å²) in [6.07, 6.45) is 0. The van der Waals surface area contributed by atoms with Crippen molar-refractivity contribution in [2.24, 2.45) is 0 Å². The Kier molecular flexibility index (Phi) is 2.88. The van der Waals surface area contributed by atoms with Crippen LogP contribution in [-0.2, 0) is 4.79 Å². The van der Waals surface area contributed by atoms with Crippen LogP contribution < -0.4 is 5.32 Å². The fraction of sp³-hybridized carbons (Fsp3) is 0.222. The highest BCUT2D eigenvalue weighted by Crippen LogP contribution is 2.23. The molecular weight excluding hydrogens is 193 g/mol. The first kappa shape index (κ1) is 9.99. The first-order valence-electron chi connectivity index (χ1n) is 3.74. The summed E-state index contributed by atoms with van der Waals surface area (Å²) < 4.78 is 12.9. The van der Waals surface area contributed by atoms with Crippen LogP contribution >= 0.6 is 11.6 Å². The van der Waals surface area contributed by atoms with E-state index in [1.54, 1.807) is 6.92 Å². The Labute approximate surface area is 80.7 Å². The van der Waals surface area contributed by atoms with Crippen LogP contribution in [0.25, 0.3) is 0 Å². The molecule has 0 bridgehead atoms. The van der Waals surface area contributed by atoms with Gasteiger partial charge in [0.2, 0.25) is 5.91 Å². The van der Waals surface area contributed by atoms with Gasteiger partial charge in [0.05, 0.1) is 5.02 Å². The molecule has 4 heteroatoms. The lowest BCUT2D eigenvalue weighted by atomic mass is 10.2. The number of aryl methyl sites for hydroxylation is 1. The molecule has 0 aliphatic carbocycles. The minimum absolute atomic E-state index is 0.00866. The van der Waals surface area contributed by atoms with Crippen LogP contribution in [0.3, 0.4) is 0 Å². The molecule has 0 atom stereocenters. The minimum Gasteiger partial charge on any atom is -0.326 e. The smallest absolute Gasteiger partial charge is 0.221 e. The average molecular weight is 202 g/mol. The molecule has 0 radical (unpaired) electrons. The van der Waals surface area contributed by atoms with E-state index in [1.165, 1.54) is 19.1 Å². The maximum atomic E-state index is 12.9. The molecule has 1 N–H and O–H groups in total. The van der Waals surface area contributed by atoms with Gasteiger partial charge in [-0.15, -0.1) is 0 Å². The Morgan fingerprint density at radius 2 is 2.15 bits per heavy atom. The lowest BCUT2D eigenvalue weighted by molar-refractivity contribution is -0.114. The molecule has 0 aliphatic rings. The van der Waals surface area contributed by atoms with Crippen LogP contribution in [-0.4, -0.2) is 5.91 Å². The topological polar surface area (TPSA) is 29.1 Å². The second kappa shape index (κ2) is 3.75. The van der Waals surface area contributed by atoms with Crippen molar-refractivity contribution in [1.82, 2.24) is 0 Å². The van der Waals surface area contributed by atoms with Crippen LogP contribution in [0.1, 0.15) is 12.5 Å². The Balaban J connectivity index is 3.08. The summed E-state index contributed by atoms with van der Waals surface area (Å²) in [5.41, 5.74) is 1.19. The fourth-order valence-corrected chi connectivity index (χ4v) is 1.13. The molecule has 0 unspecified atom stereocenters. The normalized spacial score (nSPS) is 9.85. The summed E-state index contributed by atoms with van der Waals surface area (Å²) >= 11 is 5.54. The van der Waals surface area contributed by atoms with Crippen molar-refractivity contribution >= 4 is 23.2 Å². The summed E-state index contributed by atoms with van der Waals surface area (Å²) in [4.78, 5) is 10.7. The van der Waals surface area contributed by atoms with E-state index < -0.39 is 5.82 Å². The maximum absolute atomic E-state index is 12.9. The molecule has 0 spiro atoms. The van der Waals surface area contributed by atoms with E-state index in [0.717, 1.165) is 0 Å². The molecule has 1 rings (SSSR count). The molecule has 2 nitrogen and oxygen atoms in total. The predicted molar refractivity (Wildman–Crippen MR) is 50.5 cm³/mol. The second-order valence-electron chi connectivity index (χ2n) is 2.76. The van der Waals surface area contributed by atoms with Gasteiger partial charge in [-0.25, -0.2) is 4.39 Å². The molecule has 0 saturated heterocycles. The van der Waals surface area contributed by atoms with Crippen molar-refractivity contribution in [3.63, 3.8) is 0 Å². The number of amides is 1. The molecule has 0 aliphatic heterocycles. The molecule has 0 aromatic heterocycles. The Morgan fingerprint density at radius 3 is 2.69 bits per heavy atom. The molecule has 1 aromatic rings. The molecule has 1 amide bonds. The SMILES string of the molecule is CC(=O)Nc1cc(Cl)c(F)cc1C. The molecule has 0 heterocycles. The summed E-state index contributed by atoms with van der Waals surface area (Å²) in [6.45, 7) is 3.08. The number of carbonyl (C=O) groups is 1. The average Bonchev–Trinajstić information content (AvgIpc) is 1.99. The minimum atomic E-state index is -0.478. The van der Waals surface area contributed by atoms with Crippen molar-refractivity contribution in [2.75, 3.05) is 5.32 Å². The maximum Gasteiger partial charge on any atom is 0.221 e. The van der Waals surface area contributed by atoms with Gasteiger partial charge < -0.3 is 5.32 Å². The van der Waals surface area contributed by atoms with Gasteiger partial charge in [-0.2, -0.15) is 0 Å². The number of hydrogen-bond donors (Lipinski definition) is 1. The van der Waals surface area contributed by atoms with Gasteiger partial charge >= 0.3 is 0 Å². The molecule has 1 aromatic carbocycles. The zero-order chi connectivity index (χ0) is 10.0. The van der Waals surface area contributed by atoms with Gasteiger partial charge in [-0.1, -0.05) is 11.6 Å². The number of anilines is 1. The summed E-state index contributed by atoms with van der Waals surface area (Å²) in [5, 5.41) is 2.56. The lowest BCUT2D eigenvalue weighted by Gasteiger charge is -2.06. The largest absolute Gasteiger partial charge is 0.326 e. The highest BCUT2D eigenvalue weighted by molar-refractivity contribution is 6.31. The predicted octanol–water partition coefficient (Wildman–Crippen LogP) is 2.75. The zero-order valence-corrected chi connectivity index (χ0v) is 8.07.